The molecule has 0 rings (SSSR count). The maximum absolute atomic E-state index is 13.0. The highest BCUT2D eigenvalue weighted by Gasteiger charge is 2.23. The van der Waals surface area contributed by atoms with E-state index in [1.807, 2.05) is 27.2 Å². The molecule has 0 heterocycles. The summed E-state index contributed by atoms with van der Waals surface area (Å²) in [6.07, 6.45) is 81.1. The molecule has 0 aromatic rings. The van der Waals surface area contributed by atoms with Crippen molar-refractivity contribution in [1.29, 1.82) is 0 Å². The predicted octanol–water partition coefficient (Wildman–Crippen LogP) is 19.4. The van der Waals surface area contributed by atoms with Gasteiger partial charge >= 0.3 is 0 Å². The second kappa shape index (κ2) is 57.4. The number of carbonyl (C=O) groups is 1. The lowest BCUT2D eigenvalue weighted by Gasteiger charge is -2.29. The molecule has 0 saturated carbocycles. The third-order valence-corrected chi connectivity index (χ3v) is 15.1. The Kier molecular flexibility index (Phi) is 55.6. The van der Waals surface area contributed by atoms with E-state index in [0.29, 0.717) is 17.4 Å². The van der Waals surface area contributed by atoms with Gasteiger partial charge in [-0.1, -0.05) is 285 Å². The van der Waals surface area contributed by atoms with Crippen LogP contribution < -0.4 is 10.2 Å². The molecule has 3 unspecified atom stereocenters. The fourth-order valence-corrected chi connectivity index (χ4v) is 9.86. The summed E-state index contributed by atoms with van der Waals surface area (Å²) in [6, 6.07) is -0.914. The average molecular weight is 1080 g/mol. The topological polar surface area (TPSA) is 108 Å². The van der Waals surface area contributed by atoms with E-state index in [4.69, 9.17) is 9.05 Å². The van der Waals surface area contributed by atoms with Crippen LogP contribution in [0.1, 0.15) is 284 Å². The van der Waals surface area contributed by atoms with Gasteiger partial charge in [-0.3, -0.25) is 9.36 Å². The van der Waals surface area contributed by atoms with Gasteiger partial charge in [-0.15, -0.1) is 0 Å². The molecule has 8 nitrogen and oxygen atoms in total. The quantitative estimate of drug-likeness (QED) is 0.0272. The summed E-state index contributed by atoms with van der Waals surface area (Å²) in [7, 11) is 1.23. The molecule has 1 amide bonds. The predicted molar refractivity (Wildman–Crippen MR) is 330 cm³/mol. The van der Waals surface area contributed by atoms with Crippen LogP contribution >= 0.6 is 7.82 Å². The minimum absolute atomic E-state index is 0.0112. The Hall–Kier alpha value is -2.32. The van der Waals surface area contributed by atoms with Gasteiger partial charge in [0, 0.05) is 6.42 Å². The summed E-state index contributed by atoms with van der Waals surface area (Å²) >= 11 is 0. The molecule has 76 heavy (non-hydrogen) atoms. The molecular formula is C67H123N2O6P. The first-order chi connectivity index (χ1) is 37.0. The van der Waals surface area contributed by atoms with Crippen molar-refractivity contribution in [1.82, 2.24) is 5.32 Å². The standard InChI is InChI=1S/C67H123N2O6P/c1-6-8-10-12-14-16-18-20-22-24-26-28-30-32-33-34-35-37-38-40-42-44-46-48-50-52-54-56-58-60-66(70)65(64-75-76(72,73)74-63-62-69(3,4)5)68-67(71)61-59-57-55-53-51-49-47-45-43-41-39-36-31-29-27-25-23-21-19-17-15-13-11-9-7-2/h9,11,15,17,21,23,27,29,36,39,50,52,58,60,65-66,70H,6-8,10,12-14,16,18-20,22,24-26,28,30-35,37-38,40-49,51,53-57,59,61-64H2,1-5H3,(H-,68,71,72,73)/b11-9-,17-15-,23-21-,29-27-,39-36-,52-50+,60-58+. The van der Waals surface area contributed by atoms with E-state index in [9.17, 15) is 19.4 Å². The van der Waals surface area contributed by atoms with Crippen molar-refractivity contribution in [2.45, 2.75) is 296 Å². The lowest BCUT2D eigenvalue weighted by atomic mass is 10.0. The summed E-state index contributed by atoms with van der Waals surface area (Å²) in [5.74, 6) is -0.214. The Bertz CT molecular complexity index is 1510. The monoisotopic (exact) mass is 1080 g/mol. The molecule has 0 bridgehead atoms. The Morgan fingerprint density at radius 3 is 1.22 bits per heavy atom. The average Bonchev–Trinajstić information content (AvgIpc) is 3.38. The van der Waals surface area contributed by atoms with Crippen molar-refractivity contribution in [2.75, 3.05) is 40.9 Å². The molecular weight excluding hydrogens is 960 g/mol. The van der Waals surface area contributed by atoms with E-state index in [-0.39, 0.29) is 12.5 Å². The Labute approximate surface area is 471 Å². The highest BCUT2D eigenvalue weighted by molar-refractivity contribution is 7.45. The normalized spacial score (nSPS) is 14.4. The SMILES string of the molecule is CC/C=C\C/C=C\C/C=C\C/C=C\C/C=C\CCCCCCCCCCCC(=O)NC(COP(=O)([O-])OCC[N+](C)(C)C)C(O)/C=C/CC/C=C/CCCCCCCCCCCCCCCCCCCCCCCCC. The summed E-state index contributed by atoms with van der Waals surface area (Å²) in [4.78, 5) is 25.6. The van der Waals surface area contributed by atoms with Gasteiger partial charge in [0.05, 0.1) is 39.9 Å². The van der Waals surface area contributed by atoms with Gasteiger partial charge < -0.3 is 28.8 Å². The third-order valence-electron chi connectivity index (χ3n) is 14.1. The second-order valence-electron chi connectivity index (χ2n) is 22.7. The number of nitrogens with zero attached hydrogens (tertiary/aromatic N) is 1. The molecule has 9 heteroatoms. The van der Waals surface area contributed by atoms with E-state index in [0.717, 1.165) is 83.5 Å². The van der Waals surface area contributed by atoms with E-state index < -0.39 is 26.6 Å². The van der Waals surface area contributed by atoms with E-state index in [1.54, 1.807) is 6.08 Å². The van der Waals surface area contributed by atoms with Gasteiger partial charge in [0.2, 0.25) is 5.91 Å². The van der Waals surface area contributed by atoms with Crippen LogP contribution in [0.5, 0.6) is 0 Å². The Morgan fingerprint density at radius 2 is 0.816 bits per heavy atom. The fourth-order valence-electron chi connectivity index (χ4n) is 9.14. The number of allylic oxidation sites excluding steroid dienone is 13. The van der Waals surface area contributed by atoms with E-state index in [1.165, 1.54) is 180 Å². The van der Waals surface area contributed by atoms with Crippen LogP contribution in [0.15, 0.2) is 85.1 Å². The number of phosphoric acid groups is 1. The molecule has 0 spiro atoms. The third kappa shape index (κ3) is 59.3. The van der Waals surface area contributed by atoms with Gasteiger partial charge in [-0.2, -0.15) is 0 Å². The van der Waals surface area contributed by atoms with Crippen LogP contribution in [-0.4, -0.2) is 68.5 Å². The lowest BCUT2D eigenvalue weighted by molar-refractivity contribution is -0.870. The minimum Gasteiger partial charge on any atom is -0.756 e. The van der Waals surface area contributed by atoms with Crippen LogP contribution in [0.2, 0.25) is 0 Å². The molecule has 0 aromatic heterocycles. The van der Waals surface area contributed by atoms with Crippen molar-refractivity contribution in [3.8, 4) is 0 Å². The number of carbonyl (C=O) groups excluding carboxylic acids is 1. The number of amides is 1. The van der Waals surface area contributed by atoms with E-state index >= 15 is 0 Å². The number of unbranched alkanes of at least 4 members (excludes halogenated alkanes) is 33. The number of nitrogens with one attached hydrogen (secondary N) is 1. The maximum Gasteiger partial charge on any atom is 0.268 e. The van der Waals surface area contributed by atoms with Crippen molar-refractivity contribution in [3.05, 3.63) is 85.1 Å². The first-order valence-electron chi connectivity index (χ1n) is 31.9. The Balaban J connectivity index is 4.20. The van der Waals surface area contributed by atoms with Crippen LogP contribution in [0, 0.1) is 0 Å². The van der Waals surface area contributed by atoms with Crippen molar-refractivity contribution < 1.29 is 32.9 Å². The Morgan fingerprint density at radius 1 is 0.474 bits per heavy atom. The first kappa shape index (κ1) is 73.7. The minimum atomic E-state index is -4.62. The molecule has 3 atom stereocenters. The highest BCUT2D eigenvalue weighted by atomic mass is 31.2. The molecule has 0 aromatic carbocycles. The molecule has 2 N–H and O–H groups in total. The van der Waals surface area contributed by atoms with Gasteiger partial charge in [0.15, 0.2) is 0 Å². The number of aliphatic hydroxyl groups excluding tert-OH is 1. The molecule has 0 aliphatic heterocycles. The molecule has 0 aliphatic rings. The van der Waals surface area contributed by atoms with Crippen LogP contribution in [0.4, 0.5) is 0 Å². The number of phosphoric ester groups is 1. The zero-order valence-electron chi connectivity index (χ0n) is 50.4. The lowest BCUT2D eigenvalue weighted by Crippen LogP contribution is -2.45. The second-order valence-corrected chi connectivity index (χ2v) is 24.1. The van der Waals surface area contributed by atoms with Gasteiger partial charge in [-0.25, -0.2) is 0 Å². The van der Waals surface area contributed by atoms with Gasteiger partial charge in [-0.05, 0) is 77.0 Å². The van der Waals surface area contributed by atoms with Crippen LogP contribution in [0.25, 0.3) is 0 Å². The van der Waals surface area contributed by atoms with E-state index in [2.05, 4.69) is 92.1 Å². The van der Waals surface area contributed by atoms with Crippen molar-refractivity contribution in [2.24, 2.45) is 0 Å². The van der Waals surface area contributed by atoms with Crippen molar-refractivity contribution >= 4 is 13.7 Å². The first-order valence-corrected chi connectivity index (χ1v) is 33.4. The molecule has 0 saturated heterocycles. The highest BCUT2D eigenvalue weighted by Crippen LogP contribution is 2.38. The fraction of sp³-hybridized carbons (Fsp3) is 0.776. The van der Waals surface area contributed by atoms with Crippen LogP contribution in [0.3, 0.4) is 0 Å². The molecule has 0 radical (unpaired) electrons. The number of likely N-dealkylation sites (N-methyl/N-ethyl adjacent to an activating group) is 1. The smallest absolute Gasteiger partial charge is 0.268 e. The van der Waals surface area contributed by atoms with Gasteiger partial charge in [0.1, 0.15) is 13.2 Å². The molecule has 0 fully saturated rings. The van der Waals surface area contributed by atoms with Gasteiger partial charge in [0.25, 0.3) is 7.82 Å². The number of aliphatic hydroxyl groups is 1. The number of hydrogen-bond donors (Lipinski definition) is 2. The maximum atomic E-state index is 13.0. The number of rotatable bonds is 58. The summed E-state index contributed by atoms with van der Waals surface area (Å²) in [5, 5.41) is 13.9. The van der Waals surface area contributed by atoms with Crippen molar-refractivity contribution in [3.63, 3.8) is 0 Å². The zero-order valence-corrected chi connectivity index (χ0v) is 51.3. The zero-order chi connectivity index (χ0) is 55.6. The number of quaternary nitrogens is 1. The molecule has 442 valence electrons. The summed E-state index contributed by atoms with van der Waals surface area (Å²) in [5.41, 5.74) is 0. The summed E-state index contributed by atoms with van der Waals surface area (Å²) < 4.78 is 23.4. The summed E-state index contributed by atoms with van der Waals surface area (Å²) in [6.45, 7) is 4.53. The van der Waals surface area contributed by atoms with Crippen LogP contribution in [-0.2, 0) is 18.4 Å². The largest absolute Gasteiger partial charge is 0.756 e. The number of hydrogen-bond acceptors (Lipinski definition) is 6. The molecule has 0 aliphatic carbocycles.